The number of benzene rings is 1. The van der Waals surface area contributed by atoms with E-state index in [4.69, 9.17) is 5.73 Å². The first-order valence-electron chi connectivity index (χ1n) is 8.39. The molecule has 0 heterocycles. The van der Waals surface area contributed by atoms with Gasteiger partial charge in [0, 0.05) is 18.7 Å². The number of hydrogen-bond donors (Lipinski definition) is 2. The zero-order chi connectivity index (χ0) is 16.8. The van der Waals surface area contributed by atoms with Crippen LogP contribution in [0.3, 0.4) is 0 Å². The SMILES string of the molecule is CCc1ccccc1NC(=O)CN(C)C(=O)[C@@H]1CCC[C@@H]1CN. The van der Waals surface area contributed by atoms with Crippen LogP contribution in [0.1, 0.15) is 31.7 Å². The molecule has 0 saturated heterocycles. The van der Waals surface area contributed by atoms with Gasteiger partial charge in [-0.25, -0.2) is 0 Å². The fourth-order valence-corrected chi connectivity index (χ4v) is 3.36. The van der Waals surface area contributed by atoms with Gasteiger partial charge >= 0.3 is 0 Å². The Bertz CT molecular complexity index is 559. The topological polar surface area (TPSA) is 75.4 Å². The number of para-hydroxylation sites is 1. The number of anilines is 1. The van der Waals surface area contributed by atoms with Gasteiger partial charge in [-0.05, 0) is 43.4 Å². The van der Waals surface area contributed by atoms with Gasteiger partial charge in [0.2, 0.25) is 11.8 Å². The second kappa shape index (κ2) is 8.11. The monoisotopic (exact) mass is 317 g/mol. The number of carbonyl (C=O) groups is 2. The number of amides is 2. The van der Waals surface area contributed by atoms with E-state index in [-0.39, 0.29) is 30.2 Å². The van der Waals surface area contributed by atoms with Crippen molar-refractivity contribution in [1.82, 2.24) is 4.90 Å². The minimum absolute atomic E-state index is 0.0271. The summed E-state index contributed by atoms with van der Waals surface area (Å²) in [5.74, 6) is 0.107. The van der Waals surface area contributed by atoms with Gasteiger partial charge in [0.25, 0.3) is 0 Å². The highest BCUT2D eigenvalue weighted by atomic mass is 16.2. The number of nitrogens with zero attached hydrogens (tertiary/aromatic N) is 1. The van der Waals surface area contributed by atoms with E-state index in [1.54, 1.807) is 7.05 Å². The molecule has 0 aromatic heterocycles. The van der Waals surface area contributed by atoms with Crippen LogP contribution in [0.15, 0.2) is 24.3 Å². The zero-order valence-electron chi connectivity index (χ0n) is 14.0. The van der Waals surface area contributed by atoms with Crippen LogP contribution in [-0.4, -0.2) is 36.9 Å². The molecule has 1 aliphatic rings. The van der Waals surface area contributed by atoms with Gasteiger partial charge in [-0.2, -0.15) is 0 Å². The fraction of sp³-hybridized carbons (Fsp3) is 0.556. The summed E-state index contributed by atoms with van der Waals surface area (Å²) in [5, 5.41) is 2.91. The first kappa shape index (κ1) is 17.5. The summed E-state index contributed by atoms with van der Waals surface area (Å²) < 4.78 is 0. The number of carbonyl (C=O) groups excluding carboxylic acids is 2. The molecule has 0 bridgehead atoms. The van der Waals surface area contributed by atoms with E-state index in [1.807, 2.05) is 31.2 Å². The van der Waals surface area contributed by atoms with Gasteiger partial charge < -0.3 is 16.0 Å². The number of nitrogens with two attached hydrogens (primary N) is 1. The first-order valence-corrected chi connectivity index (χ1v) is 8.39. The van der Waals surface area contributed by atoms with E-state index >= 15 is 0 Å². The molecular weight excluding hydrogens is 290 g/mol. The van der Waals surface area contributed by atoms with E-state index in [0.717, 1.165) is 36.9 Å². The number of hydrogen-bond acceptors (Lipinski definition) is 3. The Morgan fingerprint density at radius 2 is 2.04 bits per heavy atom. The number of likely N-dealkylation sites (N-methyl/N-ethyl adjacent to an activating group) is 1. The Balaban J connectivity index is 1.93. The number of rotatable bonds is 6. The molecule has 0 aliphatic heterocycles. The van der Waals surface area contributed by atoms with Crippen molar-refractivity contribution in [3.63, 3.8) is 0 Å². The Morgan fingerprint density at radius 3 is 2.74 bits per heavy atom. The second-order valence-electron chi connectivity index (χ2n) is 6.29. The smallest absolute Gasteiger partial charge is 0.243 e. The van der Waals surface area contributed by atoms with Crippen LogP contribution < -0.4 is 11.1 Å². The molecule has 1 aliphatic carbocycles. The molecule has 1 aromatic rings. The molecule has 0 unspecified atom stereocenters. The van der Waals surface area contributed by atoms with Crippen LogP contribution in [0, 0.1) is 11.8 Å². The van der Waals surface area contributed by atoms with E-state index in [0.29, 0.717) is 6.54 Å². The summed E-state index contributed by atoms with van der Waals surface area (Å²) in [6.07, 6.45) is 3.79. The molecule has 2 atom stereocenters. The molecule has 3 N–H and O–H groups in total. The Hall–Kier alpha value is -1.88. The average molecular weight is 317 g/mol. The molecule has 1 fully saturated rings. The van der Waals surface area contributed by atoms with Crippen molar-refractivity contribution in [3.8, 4) is 0 Å². The van der Waals surface area contributed by atoms with Gasteiger partial charge in [0.15, 0.2) is 0 Å². The maximum Gasteiger partial charge on any atom is 0.243 e. The summed E-state index contributed by atoms with van der Waals surface area (Å²) in [5.41, 5.74) is 7.66. The van der Waals surface area contributed by atoms with Crippen molar-refractivity contribution in [2.24, 2.45) is 17.6 Å². The maximum absolute atomic E-state index is 12.5. The molecule has 2 rings (SSSR count). The van der Waals surface area contributed by atoms with Crippen molar-refractivity contribution in [1.29, 1.82) is 0 Å². The van der Waals surface area contributed by atoms with E-state index in [9.17, 15) is 9.59 Å². The molecule has 2 amide bonds. The van der Waals surface area contributed by atoms with Crippen molar-refractivity contribution in [2.45, 2.75) is 32.6 Å². The molecule has 5 heteroatoms. The normalized spacial score (nSPS) is 20.3. The molecule has 5 nitrogen and oxygen atoms in total. The highest BCUT2D eigenvalue weighted by Crippen LogP contribution is 2.32. The highest BCUT2D eigenvalue weighted by molar-refractivity contribution is 5.95. The molecule has 1 aromatic carbocycles. The van der Waals surface area contributed by atoms with Crippen LogP contribution in [0.5, 0.6) is 0 Å². The Labute approximate surface area is 138 Å². The van der Waals surface area contributed by atoms with Crippen molar-refractivity contribution < 1.29 is 9.59 Å². The van der Waals surface area contributed by atoms with Crippen LogP contribution in [0.2, 0.25) is 0 Å². The maximum atomic E-state index is 12.5. The molecule has 126 valence electrons. The van der Waals surface area contributed by atoms with Gasteiger partial charge in [-0.15, -0.1) is 0 Å². The minimum atomic E-state index is -0.163. The molecule has 0 spiro atoms. The summed E-state index contributed by atoms with van der Waals surface area (Å²) in [6, 6.07) is 7.74. The molecule has 23 heavy (non-hydrogen) atoms. The lowest BCUT2D eigenvalue weighted by Crippen LogP contribution is -2.40. The number of nitrogens with one attached hydrogen (secondary N) is 1. The van der Waals surface area contributed by atoms with Crippen molar-refractivity contribution in [2.75, 3.05) is 25.5 Å². The summed E-state index contributed by atoms with van der Waals surface area (Å²) in [6.45, 7) is 2.67. The van der Waals surface area contributed by atoms with Crippen LogP contribution in [0.4, 0.5) is 5.69 Å². The highest BCUT2D eigenvalue weighted by Gasteiger charge is 2.34. The zero-order valence-corrected chi connectivity index (χ0v) is 14.0. The third-order valence-corrected chi connectivity index (χ3v) is 4.71. The second-order valence-corrected chi connectivity index (χ2v) is 6.29. The predicted octanol–water partition coefficient (Wildman–Crippen LogP) is 2.02. The predicted molar refractivity (Wildman–Crippen MR) is 92.0 cm³/mol. The lowest BCUT2D eigenvalue weighted by atomic mass is 9.95. The van der Waals surface area contributed by atoms with E-state index in [2.05, 4.69) is 5.32 Å². The molecular formula is C18H27N3O2. The van der Waals surface area contributed by atoms with Gasteiger partial charge in [0.05, 0.1) is 6.54 Å². The van der Waals surface area contributed by atoms with Gasteiger partial charge in [0.1, 0.15) is 0 Å². The average Bonchev–Trinajstić information content (AvgIpc) is 3.03. The standard InChI is InChI=1S/C18H27N3O2/c1-3-13-7-4-5-10-16(13)20-17(22)12-21(2)18(23)15-9-6-8-14(15)11-19/h4-5,7,10,14-15H,3,6,8-9,11-12,19H2,1-2H3,(H,20,22)/t14-,15-/m1/s1. The summed E-state index contributed by atoms with van der Waals surface area (Å²) in [7, 11) is 1.69. The lowest BCUT2D eigenvalue weighted by molar-refractivity contribution is -0.137. The largest absolute Gasteiger partial charge is 0.336 e. The van der Waals surface area contributed by atoms with E-state index in [1.165, 1.54) is 4.90 Å². The Morgan fingerprint density at radius 1 is 1.30 bits per heavy atom. The first-order chi connectivity index (χ1) is 11.1. The van der Waals surface area contributed by atoms with Crippen molar-refractivity contribution >= 4 is 17.5 Å². The minimum Gasteiger partial charge on any atom is -0.336 e. The quantitative estimate of drug-likeness (QED) is 0.843. The fourth-order valence-electron chi connectivity index (χ4n) is 3.36. The summed E-state index contributed by atoms with van der Waals surface area (Å²) in [4.78, 5) is 26.3. The third-order valence-electron chi connectivity index (χ3n) is 4.71. The van der Waals surface area contributed by atoms with Gasteiger partial charge in [-0.1, -0.05) is 31.5 Å². The van der Waals surface area contributed by atoms with Gasteiger partial charge in [-0.3, -0.25) is 9.59 Å². The van der Waals surface area contributed by atoms with Crippen LogP contribution in [0.25, 0.3) is 0 Å². The molecule has 0 radical (unpaired) electrons. The molecule has 1 saturated carbocycles. The lowest BCUT2D eigenvalue weighted by Gasteiger charge is -2.24. The Kier molecular flexibility index (Phi) is 6.16. The van der Waals surface area contributed by atoms with Crippen LogP contribution >= 0.6 is 0 Å². The third kappa shape index (κ3) is 4.32. The number of aryl methyl sites for hydroxylation is 1. The summed E-state index contributed by atoms with van der Waals surface area (Å²) >= 11 is 0. The van der Waals surface area contributed by atoms with E-state index < -0.39 is 0 Å². The van der Waals surface area contributed by atoms with Crippen molar-refractivity contribution in [3.05, 3.63) is 29.8 Å². The van der Waals surface area contributed by atoms with Crippen LogP contribution in [-0.2, 0) is 16.0 Å².